The molecule has 0 radical (unpaired) electrons. The van der Waals surface area contributed by atoms with Gasteiger partial charge in [0.2, 0.25) is 0 Å². The lowest BCUT2D eigenvalue weighted by Gasteiger charge is -2.31. The molecule has 1 aromatic rings. The maximum Gasteiger partial charge on any atom is 0.391 e. The first-order valence-electron chi connectivity index (χ1n) is 6.15. The van der Waals surface area contributed by atoms with Crippen LogP contribution in [0.5, 0.6) is 0 Å². The van der Waals surface area contributed by atoms with Crippen LogP contribution in [0, 0.1) is 11.7 Å². The van der Waals surface area contributed by atoms with Crippen LogP contribution in [0.15, 0.2) is 18.2 Å². The van der Waals surface area contributed by atoms with Crippen LogP contribution in [0.3, 0.4) is 0 Å². The highest BCUT2D eigenvalue weighted by Crippen LogP contribution is 2.39. The zero-order valence-electron chi connectivity index (χ0n) is 10.1. The van der Waals surface area contributed by atoms with Crippen molar-refractivity contribution in [3.05, 3.63) is 29.0 Å². The van der Waals surface area contributed by atoms with Gasteiger partial charge >= 0.3 is 6.18 Å². The summed E-state index contributed by atoms with van der Waals surface area (Å²) in [6.07, 6.45) is -2.99. The summed E-state index contributed by atoms with van der Waals surface area (Å²) in [5, 5.41) is 3.00. The summed E-state index contributed by atoms with van der Waals surface area (Å²) in [6, 6.07) is 3.81. The van der Waals surface area contributed by atoms with Crippen LogP contribution >= 0.6 is 11.6 Å². The molecule has 1 nitrogen and oxygen atoms in total. The topological polar surface area (TPSA) is 12.0 Å². The van der Waals surface area contributed by atoms with Crippen LogP contribution in [0.4, 0.5) is 23.2 Å². The molecule has 1 N–H and O–H groups in total. The molecule has 0 heterocycles. The second kappa shape index (κ2) is 5.57. The van der Waals surface area contributed by atoms with E-state index in [1.54, 1.807) is 0 Å². The molecule has 2 rings (SSSR count). The van der Waals surface area contributed by atoms with Crippen molar-refractivity contribution in [3.8, 4) is 0 Å². The monoisotopic (exact) mass is 295 g/mol. The minimum atomic E-state index is -4.18. The van der Waals surface area contributed by atoms with Crippen molar-refractivity contribution in [2.75, 3.05) is 5.32 Å². The third-order valence-corrected chi connectivity index (χ3v) is 3.76. The molecule has 1 aliphatic carbocycles. The fourth-order valence-electron chi connectivity index (χ4n) is 2.46. The third kappa shape index (κ3) is 3.53. The van der Waals surface area contributed by atoms with Gasteiger partial charge in [0.05, 0.1) is 16.6 Å². The number of halogens is 5. The van der Waals surface area contributed by atoms with Gasteiger partial charge in [-0.3, -0.25) is 0 Å². The molecule has 0 amide bonds. The zero-order chi connectivity index (χ0) is 14.0. The molecule has 0 saturated heterocycles. The summed E-state index contributed by atoms with van der Waals surface area (Å²) < 4.78 is 51.6. The molecule has 6 heteroatoms. The Balaban J connectivity index is 2.07. The molecule has 1 aliphatic rings. The number of rotatable bonds is 2. The first-order chi connectivity index (χ1) is 8.88. The van der Waals surface area contributed by atoms with Gasteiger partial charge in [0, 0.05) is 6.04 Å². The average molecular weight is 296 g/mol. The Morgan fingerprint density at radius 2 is 1.95 bits per heavy atom. The summed E-state index contributed by atoms with van der Waals surface area (Å²) in [5.41, 5.74) is 0.0944. The summed E-state index contributed by atoms with van der Waals surface area (Å²) in [5.74, 6) is -1.86. The average Bonchev–Trinajstić information content (AvgIpc) is 2.33. The van der Waals surface area contributed by atoms with Gasteiger partial charge in [-0.1, -0.05) is 24.1 Å². The van der Waals surface area contributed by atoms with E-state index >= 15 is 0 Å². The summed E-state index contributed by atoms with van der Waals surface area (Å²) in [4.78, 5) is 0. The van der Waals surface area contributed by atoms with Crippen LogP contribution in [0.1, 0.15) is 25.7 Å². The highest BCUT2D eigenvalue weighted by Gasteiger charge is 2.42. The molecule has 1 saturated carbocycles. The highest BCUT2D eigenvalue weighted by atomic mass is 35.5. The first kappa shape index (κ1) is 14.4. The number of alkyl halides is 3. The first-order valence-corrected chi connectivity index (χ1v) is 6.53. The molecule has 0 aromatic heterocycles. The largest absolute Gasteiger partial charge is 0.391 e. The van der Waals surface area contributed by atoms with Crippen molar-refractivity contribution in [1.29, 1.82) is 0 Å². The zero-order valence-corrected chi connectivity index (χ0v) is 10.9. The van der Waals surface area contributed by atoms with Gasteiger partial charge in [-0.15, -0.1) is 0 Å². The molecule has 0 aliphatic heterocycles. The maximum absolute atomic E-state index is 13.6. The predicted octanol–water partition coefficient (Wildman–Crippen LogP) is 5.01. The Kier molecular flexibility index (Phi) is 4.23. The third-order valence-electron chi connectivity index (χ3n) is 3.45. The quantitative estimate of drug-likeness (QED) is 0.756. The number of para-hydroxylation sites is 1. The van der Waals surface area contributed by atoms with Crippen LogP contribution < -0.4 is 5.32 Å². The second-order valence-corrected chi connectivity index (χ2v) is 5.25. The molecule has 2 unspecified atom stereocenters. The van der Waals surface area contributed by atoms with E-state index in [1.165, 1.54) is 18.2 Å². The van der Waals surface area contributed by atoms with E-state index in [2.05, 4.69) is 5.32 Å². The SMILES string of the molecule is Fc1cccc(Cl)c1NC1CCCC(C(F)(F)F)C1. The lowest BCUT2D eigenvalue weighted by molar-refractivity contribution is -0.182. The van der Waals surface area contributed by atoms with Gasteiger partial charge in [-0.25, -0.2) is 4.39 Å². The number of benzene rings is 1. The van der Waals surface area contributed by atoms with Crippen LogP contribution in [0.25, 0.3) is 0 Å². The number of hydrogen-bond donors (Lipinski definition) is 1. The fraction of sp³-hybridized carbons (Fsp3) is 0.538. The maximum atomic E-state index is 13.6. The van der Waals surface area contributed by atoms with Crippen LogP contribution in [-0.2, 0) is 0 Å². The second-order valence-electron chi connectivity index (χ2n) is 4.84. The van der Waals surface area contributed by atoms with E-state index in [-0.39, 0.29) is 23.6 Å². The molecule has 1 fully saturated rings. The van der Waals surface area contributed by atoms with Gasteiger partial charge < -0.3 is 5.32 Å². The van der Waals surface area contributed by atoms with Gasteiger partial charge in [0.25, 0.3) is 0 Å². The Morgan fingerprint density at radius 3 is 2.58 bits per heavy atom. The van der Waals surface area contributed by atoms with E-state index in [9.17, 15) is 17.6 Å². The molecule has 0 spiro atoms. The Labute approximate surface area is 113 Å². The summed E-state index contributed by atoms with van der Waals surface area (Å²) in [6.45, 7) is 0. The normalized spacial score (nSPS) is 24.3. The van der Waals surface area contributed by atoms with Crippen molar-refractivity contribution in [2.24, 2.45) is 5.92 Å². The minimum absolute atomic E-state index is 0.0336. The highest BCUT2D eigenvalue weighted by molar-refractivity contribution is 6.33. The van der Waals surface area contributed by atoms with Gasteiger partial charge in [0.1, 0.15) is 5.82 Å². The predicted molar refractivity (Wildman–Crippen MR) is 66.8 cm³/mol. The minimum Gasteiger partial charge on any atom is -0.379 e. The Hall–Kier alpha value is -0.970. The number of hydrogen-bond acceptors (Lipinski definition) is 1. The Bertz CT molecular complexity index is 427. The van der Waals surface area contributed by atoms with Crippen molar-refractivity contribution >= 4 is 17.3 Å². The molecular formula is C13H14ClF4N. The van der Waals surface area contributed by atoms with Crippen molar-refractivity contribution < 1.29 is 17.6 Å². The molecule has 0 bridgehead atoms. The fourth-order valence-corrected chi connectivity index (χ4v) is 2.68. The van der Waals surface area contributed by atoms with E-state index in [0.717, 1.165) is 0 Å². The molecule has 2 atom stereocenters. The van der Waals surface area contributed by atoms with E-state index in [0.29, 0.717) is 12.8 Å². The van der Waals surface area contributed by atoms with E-state index < -0.39 is 24.0 Å². The smallest absolute Gasteiger partial charge is 0.379 e. The van der Waals surface area contributed by atoms with E-state index in [4.69, 9.17) is 11.6 Å². The summed E-state index contributed by atoms with van der Waals surface area (Å²) in [7, 11) is 0. The van der Waals surface area contributed by atoms with Gasteiger partial charge in [0.15, 0.2) is 0 Å². The lowest BCUT2D eigenvalue weighted by atomic mass is 9.85. The molecule has 19 heavy (non-hydrogen) atoms. The molecule has 1 aromatic carbocycles. The van der Waals surface area contributed by atoms with Gasteiger partial charge in [-0.05, 0) is 31.4 Å². The molecular weight excluding hydrogens is 282 g/mol. The van der Waals surface area contributed by atoms with Crippen molar-refractivity contribution in [3.63, 3.8) is 0 Å². The van der Waals surface area contributed by atoms with Crippen LogP contribution in [0.2, 0.25) is 5.02 Å². The number of anilines is 1. The standard InChI is InChI=1S/C13H14ClF4N/c14-10-5-2-6-11(15)12(10)19-9-4-1-3-8(7-9)13(16,17)18/h2,5-6,8-9,19H,1,3-4,7H2. The van der Waals surface area contributed by atoms with Gasteiger partial charge in [-0.2, -0.15) is 13.2 Å². The molecule has 106 valence electrons. The lowest BCUT2D eigenvalue weighted by Crippen LogP contribution is -2.34. The van der Waals surface area contributed by atoms with Crippen molar-refractivity contribution in [1.82, 2.24) is 0 Å². The van der Waals surface area contributed by atoms with E-state index in [1.807, 2.05) is 0 Å². The van der Waals surface area contributed by atoms with Crippen LogP contribution in [-0.4, -0.2) is 12.2 Å². The van der Waals surface area contributed by atoms with Crippen molar-refractivity contribution in [2.45, 2.75) is 37.9 Å². The number of nitrogens with one attached hydrogen (secondary N) is 1. The Morgan fingerprint density at radius 1 is 1.21 bits per heavy atom. The summed E-state index contributed by atoms with van der Waals surface area (Å²) >= 11 is 5.85.